The molecule has 80 valence electrons. The normalized spacial score (nSPS) is 21.8. The third kappa shape index (κ3) is 1.43. The second-order valence-corrected chi connectivity index (χ2v) is 5.72. The van der Waals surface area contributed by atoms with Gasteiger partial charge >= 0.3 is 0 Å². The third-order valence-electron chi connectivity index (χ3n) is 3.86. The highest BCUT2D eigenvalue weighted by Gasteiger charge is 2.35. The Balaban J connectivity index is 2.73. The van der Waals surface area contributed by atoms with Crippen molar-refractivity contribution in [2.75, 3.05) is 0 Å². The Morgan fingerprint density at radius 2 is 1.40 bits per heavy atom. The maximum absolute atomic E-state index is 2.41. The second-order valence-electron chi connectivity index (χ2n) is 5.72. The third-order valence-corrected chi connectivity index (χ3v) is 3.86. The lowest BCUT2D eigenvalue weighted by Crippen LogP contribution is -2.32. The van der Waals surface area contributed by atoms with Gasteiger partial charge in [-0.2, -0.15) is 0 Å². The highest BCUT2D eigenvalue weighted by molar-refractivity contribution is 5.50. The Bertz CT molecular complexity index is 419. The van der Waals surface area contributed by atoms with Crippen molar-refractivity contribution in [3.63, 3.8) is 0 Å². The standard InChI is InChI=1S/C15H20/c1-11-10-14(2,3)12-8-6-7-9-13(12)15(11,4)5/h6-10H,1-5H3. The molecular weight excluding hydrogens is 180 g/mol. The van der Waals surface area contributed by atoms with E-state index >= 15 is 0 Å². The van der Waals surface area contributed by atoms with Gasteiger partial charge in [-0.1, -0.05) is 63.6 Å². The number of rotatable bonds is 0. The molecule has 0 saturated heterocycles. The van der Waals surface area contributed by atoms with Crippen LogP contribution < -0.4 is 0 Å². The van der Waals surface area contributed by atoms with Gasteiger partial charge in [-0.15, -0.1) is 0 Å². The van der Waals surface area contributed by atoms with E-state index in [4.69, 9.17) is 0 Å². The van der Waals surface area contributed by atoms with Gasteiger partial charge in [-0.05, 0) is 18.1 Å². The topological polar surface area (TPSA) is 0 Å². The van der Waals surface area contributed by atoms with Crippen molar-refractivity contribution < 1.29 is 0 Å². The van der Waals surface area contributed by atoms with Crippen LogP contribution in [0, 0.1) is 0 Å². The first-order chi connectivity index (χ1) is 6.86. The molecule has 2 rings (SSSR count). The maximum atomic E-state index is 2.41. The van der Waals surface area contributed by atoms with Gasteiger partial charge in [0.1, 0.15) is 0 Å². The van der Waals surface area contributed by atoms with Gasteiger partial charge in [0.2, 0.25) is 0 Å². The molecule has 0 heteroatoms. The van der Waals surface area contributed by atoms with Crippen LogP contribution >= 0.6 is 0 Å². The molecule has 0 amide bonds. The van der Waals surface area contributed by atoms with Crippen LogP contribution in [-0.2, 0) is 10.8 Å². The van der Waals surface area contributed by atoms with Crippen LogP contribution in [0.25, 0.3) is 0 Å². The molecular formula is C15H20. The van der Waals surface area contributed by atoms with Crippen LogP contribution in [0.2, 0.25) is 0 Å². The molecule has 0 bridgehead atoms. The molecule has 15 heavy (non-hydrogen) atoms. The van der Waals surface area contributed by atoms with E-state index in [-0.39, 0.29) is 10.8 Å². The molecule has 0 spiro atoms. The predicted octanol–water partition coefficient (Wildman–Crippen LogP) is 4.20. The molecule has 0 aliphatic heterocycles. The van der Waals surface area contributed by atoms with Crippen molar-refractivity contribution in [3.8, 4) is 0 Å². The Kier molecular flexibility index (Phi) is 2.08. The lowest BCUT2D eigenvalue weighted by Gasteiger charge is -2.40. The van der Waals surface area contributed by atoms with Gasteiger partial charge in [0.05, 0.1) is 0 Å². The number of hydrogen-bond acceptors (Lipinski definition) is 0. The lowest BCUT2D eigenvalue weighted by molar-refractivity contribution is 0.532. The molecule has 1 aliphatic rings. The van der Waals surface area contributed by atoms with E-state index in [9.17, 15) is 0 Å². The molecule has 0 atom stereocenters. The quantitative estimate of drug-likeness (QED) is 0.550. The van der Waals surface area contributed by atoms with E-state index in [0.717, 1.165) is 0 Å². The SMILES string of the molecule is CC1=CC(C)(C)c2ccccc2C1(C)C. The smallest absolute Gasteiger partial charge is 0.0106 e. The molecule has 0 fully saturated rings. The van der Waals surface area contributed by atoms with Crippen LogP contribution in [0.1, 0.15) is 45.7 Å². The molecule has 0 heterocycles. The van der Waals surface area contributed by atoms with E-state index in [0.29, 0.717) is 0 Å². The highest BCUT2D eigenvalue weighted by atomic mass is 14.4. The summed E-state index contributed by atoms with van der Waals surface area (Å²) in [6.07, 6.45) is 2.41. The largest absolute Gasteiger partial charge is 0.0747 e. The van der Waals surface area contributed by atoms with Crippen molar-refractivity contribution in [2.24, 2.45) is 0 Å². The summed E-state index contributed by atoms with van der Waals surface area (Å²) >= 11 is 0. The summed E-state index contributed by atoms with van der Waals surface area (Å²) in [5.74, 6) is 0. The lowest BCUT2D eigenvalue weighted by atomic mass is 9.64. The molecule has 0 N–H and O–H groups in total. The monoisotopic (exact) mass is 200 g/mol. The van der Waals surface area contributed by atoms with Crippen molar-refractivity contribution in [3.05, 3.63) is 47.0 Å². The van der Waals surface area contributed by atoms with Crippen LogP contribution in [-0.4, -0.2) is 0 Å². The molecule has 0 nitrogen and oxygen atoms in total. The average Bonchev–Trinajstić information content (AvgIpc) is 2.15. The first-order valence-corrected chi connectivity index (χ1v) is 5.65. The minimum absolute atomic E-state index is 0.177. The number of fused-ring (bicyclic) bond motifs is 1. The van der Waals surface area contributed by atoms with Crippen molar-refractivity contribution in [1.82, 2.24) is 0 Å². The van der Waals surface area contributed by atoms with Crippen molar-refractivity contribution in [1.29, 1.82) is 0 Å². The molecule has 1 aromatic carbocycles. The molecule has 0 saturated carbocycles. The fraction of sp³-hybridized carbons (Fsp3) is 0.467. The number of benzene rings is 1. The van der Waals surface area contributed by atoms with Crippen molar-refractivity contribution in [2.45, 2.75) is 45.4 Å². The van der Waals surface area contributed by atoms with Crippen molar-refractivity contribution >= 4 is 0 Å². The van der Waals surface area contributed by atoms with Gasteiger partial charge in [0, 0.05) is 10.8 Å². The van der Waals surface area contributed by atoms with Gasteiger partial charge in [0.25, 0.3) is 0 Å². The summed E-state index contributed by atoms with van der Waals surface area (Å²) in [5, 5.41) is 0. The van der Waals surface area contributed by atoms with E-state index in [1.54, 1.807) is 0 Å². The minimum Gasteiger partial charge on any atom is -0.0747 e. The Morgan fingerprint density at radius 1 is 0.867 bits per heavy atom. The first kappa shape index (κ1) is 10.5. The van der Waals surface area contributed by atoms with E-state index in [1.165, 1.54) is 16.7 Å². The van der Waals surface area contributed by atoms with Crippen LogP contribution in [0.3, 0.4) is 0 Å². The fourth-order valence-electron chi connectivity index (χ4n) is 2.60. The average molecular weight is 200 g/mol. The molecule has 0 radical (unpaired) electrons. The fourth-order valence-corrected chi connectivity index (χ4v) is 2.60. The summed E-state index contributed by atoms with van der Waals surface area (Å²) in [6.45, 7) is 11.5. The first-order valence-electron chi connectivity index (χ1n) is 5.65. The zero-order chi connectivity index (χ0) is 11.3. The van der Waals surface area contributed by atoms with Crippen LogP contribution in [0.5, 0.6) is 0 Å². The van der Waals surface area contributed by atoms with Crippen LogP contribution in [0.4, 0.5) is 0 Å². The zero-order valence-corrected chi connectivity index (χ0v) is 10.4. The van der Waals surface area contributed by atoms with Gasteiger partial charge < -0.3 is 0 Å². The summed E-state index contributed by atoms with van der Waals surface area (Å²) in [5.41, 5.74) is 4.80. The Labute approximate surface area is 93.0 Å². The Morgan fingerprint density at radius 3 is 2.00 bits per heavy atom. The van der Waals surface area contributed by atoms with E-state index in [1.807, 2.05) is 0 Å². The second kappa shape index (κ2) is 2.98. The summed E-state index contributed by atoms with van der Waals surface area (Å²) < 4.78 is 0. The molecule has 1 aromatic rings. The number of hydrogen-bond donors (Lipinski definition) is 0. The van der Waals surface area contributed by atoms with Gasteiger partial charge in [-0.3, -0.25) is 0 Å². The summed E-state index contributed by atoms with van der Waals surface area (Å²) in [4.78, 5) is 0. The molecule has 0 unspecified atom stereocenters. The minimum atomic E-state index is 0.177. The molecule has 0 aromatic heterocycles. The maximum Gasteiger partial charge on any atom is 0.0106 e. The number of allylic oxidation sites excluding steroid dienone is 2. The van der Waals surface area contributed by atoms with Gasteiger partial charge in [0.15, 0.2) is 0 Å². The molecule has 1 aliphatic carbocycles. The summed E-state index contributed by atoms with van der Waals surface area (Å²) in [7, 11) is 0. The Hall–Kier alpha value is -1.04. The van der Waals surface area contributed by atoms with Crippen LogP contribution in [0.15, 0.2) is 35.9 Å². The predicted molar refractivity (Wildman–Crippen MR) is 66.3 cm³/mol. The zero-order valence-electron chi connectivity index (χ0n) is 10.4. The van der Waals surface area contributed by atoms with Gasteiger partial charge in [-0.25, -0.2) is 0 Å². The highest BCUT2D eigenvalue weighted by Crippen LogP contribution is 2.44. The van der Waals surface area contributed by atoms with E-state index in [2.05, 4.69) is 65.0 Å². The van der Waals surface area contributed by atoms with E-state index < -0.39 is 0 Å². The summed E-state index contributed by atoms with van der Waals surface area (Å²) in [6, 6.07) is 8.83.